The number of nitrogens with zero attached hydrogens (tertiary/aromatic N) is 1. The van der Waals surface area contributed by atoms with Gasteiger partial charge in [-0.1, -0.05) is 6.07 Å². The number of benzene rings is 1. The summed E-state index contributed by atoms with van der Waals surface area (Å²) in [6.07, 6.45) is 0. The van der Waals surface area contributed by atoms with E-state index in [1.165, 1.54) is 11.1 Å². The van der Waals surface area contributed by atoms with Crippen LogP contribution in [0.4, 0.5) is 0 Å². The molecule has 0 saturated heterocycles. The number of ether oxygens (including phenoxy) is 1. The maximum absolute atomic E-state index is 11.4. The van der Waals surface area contributed by atoms with E-state index in [1.54, 1.807) is 0 Å². The number of nitrogens with one attached hydrogen (secondary N) is 2. The zero-order valence-electron chi connectivity index (χ0n) is 11.5. The molecule has 0 radical (unpaired) electrons. The van der Waals surface area contributed by atoms with E-state index in [4.69, 9.17) is 4.74 Å². The summed E-state index contributed by atoms with van der Waals surface area (Å²) in [5.74, 6) is 0.628. The number of hydrogen-bond acceptors (Lipinski definition) is 3. The van der Waals surface area contributed by atoms with Crippen molar-refractivity contribution in [2.45, 2.75) is 27.3 Å². The number of fused-ring (bicyclic) bond motifs is 1. The molecule has 2 rings (SSSR count). The van der Waals surface area contributed by atoms with Crippen molar-refractivity contribution in [1.82, 2.24) is 15.3 Å². The Morgan fingerprint density at radius 1 is 1.42 bits per heavy atom. The molecular weight excluding hydrogens is 242 g/mol. The fourth-order valence-corrected chi connectivity index (χ4v) is 1.88. The molecule has 0 aliphatic carbocycles. The summed E-state index contributed by atoms with van der Waals surface area (Å²) in [6.45, 7) is 6.99. The molecule has 0 saturated carbocycles. The van der Waals surface area contributed by atoms with Gasteiger partial charge in [0.2, 0.25) is 5.91 Å². The first-order valence-electron chi connectivity index (χ1n) is 6.41. The van der Waals surface area contributed by atoms with Crippen LogP contribution in [0.5, 0.6) is 0 Å². The van der Waals surface area contributed by atoms with Crippen molar-refractivity contribution >= 4 is 16.9 Å². The summed E-state index contributed by atoms with van der Waals surface area (Å²) in [4.78, 5) is 19.2. The quantitative estimate of drug-likeness (QED) is 0.863. The maximum Gasteiger partial charge on any atom is 0.246 e. The Balaban J connectivity index is 2.06. The van der Waals surface area contributed by atoms with E-state index < -0.39 is 0 Å². The van der Waals surface area contributed by atoms with Crippen molar-refractivity contribution in [3.8, 4) is 0 Å². The average Bonchev–Trinajstić information content (AvgIpc) is 2.82. The molecule has 1 aromatic carbocycles. The Morgan fingerprint density at radius 2 is 2.21 bits per heavy atom. The molecule has 5 heteroatoms. The highest BCUT2D eigenvalue weighted by Crippen LogP contribution is 2.19. The lowest BCUT2D eigenvalue weighted by Crippen LogP contribution is -2.27. The smallest absolute Gasteiger partial charge is 0.246 e. The second kappa shape index (κ2) is 5.84. The highest BCUT2D eigenvalue weighted by Gasteiger charge is 2.08. The number of carbonyl (C=O) groups excluding carboxylic acids is 1. The summed E-state index contributed by atoms with van der Waals surface area (Å²) < 4.78 is 5.03. The molecule has 0 aliphatic heterocycles. The Bertz CT molecular complexity index is 590. The molecule has 0 spiro atoms. The number of H-pyrrole nitrogens is 1. The van der Waals surface area contributed by atoms with Crippen molar-refractivity contribution in [1.29, 1.82) is 0 Å². The van der Waals surface area contributed by atoms with E-state index in [2.05, 4.69) is 35.2 Å². The minimum Gasteiger partial charge on any atom is -0.372 e. The van der Waals surface area contributed by atoms with E-state index >= 15 is 0 Å². The molecule has 0 unspecified atom stereocenters. The molecule has 0 fully saturated rings. The minimum absolute atomic E-state index is 0.0921. The lowest BCUT2D eigenvalue weighted by Gasteiger charge is -2.02. The lowest BCUT2D eigenvalue weighted by molar-refractivity contribution is -0.125. The van der Waals surface area contributed by atoms with Crippen LogP contribution in [0.2, 0.25) is 0 Å². The summed E-state index contributed by atoms with van der Waals surface area (Å²) in [5.41, 5.74) is 4.35. The predicted molar refractivity (Wildman–Crippen MR) is 73.9 cm³/mol. The Hall–Kier alpha value is -1.88. The van der Waals surface area contributed by atoms with Crippen molar-refractivity contribution < 1.29 is 9.53 Å². The highest BCUT2D eigenvalue weighted by molar-refractivity contribution is 5.80. The van der Waals surface area contributed by atoms with Crippen LogP contribution in [0.1, 0.15) is 23.9 Å². The highest BCUT2D eigenvalue weighted by atomic mass is 16.5. The van der Waals surface area contributed by atoms with Gasteiger partial charge in [-0.3, -0.25) is 4.79 Å². The molecule has 0 aliphatic rings. The van der Waals surface area contributed by atoms with Crippen LogP contribution in [0, 0.1) is 13.8 Å². The van der Waals surface area contributed by atoms with Crippen molar-refractivity contribution in [2.75, 3.05) is 13.2 Å². The number of carbonyl (C=O) groups is 1. The van der Waals surface area contributed by atoms with Gasteiger partial charge < -0.3 is 15.0 Å². The van der Waals surface area contributed by atoms with Crippen LogP contribution in [-0.4, -0.2) is 29.1 Å². The second-order valence-electron chi connectivity index (χ2n) is 4.50. The Labute approximate surface area is 112 Å². The largest absolute Gasteiger partial charge is 0.372 e. The SMILES string of the molecule is CCOCC(=O)NCc1nc2c(C)c(C)ccc2[nH]1. The third kappa shape index (κ3) is 3.12. The third-order valence-corrected chi connectivity index (χ3v) is 3.12. The monoisotopic (exact) mass is 261 g/mol. The fraction of sp³-hybridized carbons (Fsp3) is 0.429. The summed E-state index contributed by atoms with van der Waals surface area (Å²) in [7, 11) is 0. The van der Waals surface area contributed by atoms with Gasteiger partial charge in [-0.05, 0) is 38.0 Å². The average molecular weight is 261 g/mol. The van der Waals surface area contributed by atoms with Gasteiger partial charge in [0.25, 0.3) is 0 Å². The number of aromatic amines is 1. The van der Waals surface area contributed by atoms with E-state index in [1.807, 2.05) is 13.0 Å². The van der Waals surface area contributed by atoms with E-state index in [9.17, 15) is 4.79 Å². The zero-order valence-corrected chi connectivity index (χ0v) is 11.5. The van der Waals surface area contributed by atoms with Crippen molar-refractivity contribution in [3.05, 3.63) is 29.1 Å². The number of aromatic nitrogens is 2. The van der Waals surface area contributed by atoms with Crippen molar-refractivity contribution in [2.24, 2.45) is 0 Å². The first-order valence-corrected chi connectivity index (χ1v) is 6.41. The molecule has 2 aromatic rings. The lowest BCUT2D eigenvalue weighted by atomic mass is 10.1. The van der Waals surface area contributed by atoms with E-state index in [-0.39, 0.29) is 12.5 Å². The number of amides is 1. The number of imidazole rings is 1. The molecule has 19 heavy (non-hydrogen) atoms. The van der Waals surface area contributed by atoms with Gasteiger partial charge in [0, 0.05) is 6.61 Å². The molecular formula is C14H19N3O2. The topological polar surface area (TPSA) is 67.0 Å². The molecule has 102 valence electrons. The van der Waals surface area contributed by atoms with Crippen LogP contribution >= 0.6 is 0 Å². The number of aryl methyl sites for hydroxylation is 2. The molecule has 1 heterocycles. The van der Waals surface area contributed by atoms with Crippen LogP contribution in [0.15, 0.2) is 12.1 Å². The van der Waals surface area contributed by atoms with Crippen LogP contribution in [-0.2, 0) is 16.1 Å². The van der Waals surface area contributed by atoms with Gasteiger partial charge in [-0.15, -0.1) is 0 Å². The zero-order chi connectivity index (χ0) is 13.8. The van der Waals surface area contributed by atoms with E-state index in [0.29, 0.717) is 13.2 Å². The van der Waals surface area contributed by atoms with Gasteiger partial charge in [0.1, 0.15) is 12.4 Å². The molecule has 0 bridgehead atoms. The van der Waals surface area contributed by atoms with Crippen LogP contribution in [0.3, 0.4) is 0 Å². The van der Waals surface area contributed by atoms with E-state index in [0.717, 1.165) is 16.9 Å². The van der Waals surface area contributed by atoms with Gasteiger partial charge >= 0.3 is 0 Å². The number of rotatable bonds is 5. The molecule has 5 nitrogen and oxygen atoms in total. The Morgan fingerprint density at radius 3 is 2.95 bits per heavy atom. The first kappa shape index (κ1) is 13.5. The summed E-state index contributed by atoms with van der Waals surface area (Å²) in [6, 6.07) is 4.07. The molecule has 1 aromatic heterocycles. The third-order valence-electron chi connectivity index (χ3n) is 3.12. The minimum atomic E-state index is -0.129. The van der Waals surface area contributed by atoms with Crippen LogP contribution < -0.4 is 5.32 Å². The summed E-state index contributed by atoms with van der Waals surface area (Å²) in [5, 5.41) is 2.77. The predicted octanol–water partition coefficient (Wildman–Crippen LogP) is 1.83. The van der Waals surface area contributed by atoms with Gasteiger partial charge in [-0.25, -0.2) is 4.98 Å². The number of hydrogen-bond donors (Lipinski definition) is 2. The van der Waals surface area contributed by atoms with Gasteiger partial charge in [-0.2, -0.15) is 0 Å². The van der Waals surface area contributed by atoms with Gasteiger partial charge in [0.15, 0.2) is 0 Å². The van der Waals surface area contributed by atoms with Crippen LogP contribution in [0.25, 0.3) is 11.0 Å². The molecule has 0 atom stereocenters. The molecule has 1 amide bonds. The van der Waals surface area contributed by atoms with Gasteiger partial charge in [0.05, 0.1) is 17.6 Å². The molecule has 2 N–H and O–H groups in total. The second-order valence-corrected chi connectivity index (χ2v) is 4.50. The first-order chi connectivity index (χ1) is 9.11. The Kier molecular flexibility index (Phi) is 4.16. The van der Waals surface area contributed by atoms with Crippen molar-refractivity contribution in [3.63, 3.8) is 0 Å². The summed E-state index contributed by atoms with van der Waals surface area (Å²) >= 11 is 0. The maximum atomic E-state index is 11.4. The normalized spacial score (nSPS) is 10.9. The fourth-order valence-electron chi connectivity index (χ4n) is 1.88. The standard InChI is InChI=1S/C14H19N3O2/c1-4-19-8-13(18)15-7-12-16-11-6-5-9(2)10(3)14(11)17-12/h5-6H,4,7-8H2,1-3H3,(H,15,18)(H,16,17).